The number of carbonyl (C=O) groups is 2. The lowest BCUT2D eigenvalue weighted by Gasteiger charge is -2.15. The molecule has 0 unspecified atom stereocenters. The Hall–Kier alpha value is -1.88. The first kappa shape index (κ1) is 36.1. The molecule has 0 aromatic carbocycles. The van der Waals surface area contributed by atoms with Crippen molar-refractivity contribution in [2.45, 2.75) is 148 Å². The van der Waals surface area contributed by atoms with Crippen LogP contribution in [0.4, 0.5) is 0 Å². The van der Waals surface area contributed by atoms with E-state index in [-0.39, 0.29) is 25.2 Å². The Kier molecular flexibility index (Phi) is 28.2. The fraction of sp³-hybridized carbons (Fsp3) is 0.758. The van der Waals surface area contributed by atoms with Gasteiger partial charge in [-0.2, -0.15) is 0 Å². The Morgan fingerprint density at radius 2 is 1.13 bits per heavy atom. The highest BCUT2D eigenvalue weighted by Gasteiger charge is 2.16. The Bertz CT molecular complexity index is 623. The van der Waals surface area contributed by atoms with Gasteiger partial charge in [-0.1, -0.05) is 121 Å². The molecule has 0 aromatic heterocycles. The molecular formula is C33H58O5. The van der Waals surface area contributed by atoms with Gasteiger partial charge >= 0.3 is 11.9 Å². The maximum absolute atomic E-state index is 12.1. The first-order valence-corrected chi connectivity index (χ1v) is 15.5. The van der Waals surface area contributed by atoms with Crippen LogP contribution in [0.1, 0.15) is 142 Å². The molecule has 0 heterocycles. The Morgan fingerprint density at radius 3 is 1.71 bits per heavy atom. The SMILES string of the molecule is CC/C=C\C/C=C\C/C=C\CCCCCCCC(=O)O[C@@H](CO)COC(=O)CCCCCCCCCCC. The van der Waals surface area contributed by atoms with Crippen molar-refractivity contribution in [3.63, 3.8) is 0 Å². The summed E-state index contributed by atoms with van der Waals surface area (Å²) >= 11 is 0. The first-order valence-electron chi connectivity index (χ1n) is 15.5. The Balaban J connectivity index is 3.64. The van der Waals surface area contributed by atoms with E-state index < -0.39 is 6.10 Å². The minimum absolute atomic E-state index is 0.0717. The zero-order valence-electron chi connectivity index (χ0n) is 24.7. The standard InChI is InChI=1S/C33H58O5/c1-3-5-7-9-11-13-14-15-16-17-18-20-22-24-26-28-33(36)38-31(29-34)30-37-32(35)27-25-23-21-19-12-10-8-6-4-2/h5,7,11,13,15-16,31,34H,3-4,6,8-10,12,14,17-30H2,1-2H3/b7-5-,13-11-,16-15-/t31-/m0/s1. The van der Waals surface area contributed by atoms with Gasteiger partial charge in [0.05, 0.1) is 6.61 Å². The normalized spacial score (nSPS) is 12.6. The van der Waals surface area contributed by atoms with Crippen LogP contribution in [-0.2, 0) is 19.1 Å². The molecule has 5 nitrogen and oxygen atoms in total. The number of rotatable bonds is 27. The number of hydrogen-bond acceptors (Lipinski definition) is 5. The van der Waals surface area contributed by atoms with Gasteiger partial charge in [0.15, 0.2) is 6.10 Å². The maximum atomic E-state index is 12.1. The summed E-state index contributed by atoms with van der Waals surface area (Å²) in [5, 5.41) is 9.46. The van der Waals surface area contributed by atoms with Crippen molar-refractivity contribution in [3.05, 3.63) is 36.5 Å². The van der Waals surface area contributed by atoms with Gasteiger partial charge < -0.3 is 14.6 Å². The largest absolute Gasteiger partial charge is 0.462 e. The van der Waals surface area contributed by atoms with Gasteiger partial charge in [-0.05, 0) is 44.9 Å². The van der Waals surface area contributed by atoms with E-state index in [4.69, 9.17) is 9.47 Å². The van der Waals surface area contributed by atoms with Crippen LogP contribution in [0.25, 0.3) is 0 Å². The van der Waals surface area contributed by atoms with E-state index in [9.17, 15) is 14.7 Å². The number of aliphatic hydroxyl groups is 1. The molecule has 0 radical (unpaired) electrons. The summed E-state index contributed by atoms with van der Waals surface area (Å²) in [5.74, 6) is -0.617. The average molecular weight is 535 g/mol. The second kappa shape index (κ2) is 29.7. The van der Waals surface area contributed by atoms with Gasteiger partial charge in [0, 0.05) is 12.8 Å². The van der Waals surface area contributed by atoms with E-state index >= 15 is 0 Å². The molecule has 0 rings (SSSR count). The molecule has 0 saturated heterocycles. The van der Waals surface area contributed by atoms with Gasteiger partial charge in [0.25, 0.3) is 0 Å². The lowest BCUT2D eigenvalue weighted by atomic mass is 10.1. The summed E-state index contributed by atoms with van der Waals surface area (Å²) in [7, 11) is 0. The second-order valence-electron chi connectivity index (χ2n) is 10.2. The third-order valence-electron chi connectivity index (χ3n) is 6.45. The van der Waals surface area contributed by atoms with Crippen LogP contribution >= 0.6 is 0 Å². The van der Waals surface area contributed by atoms with E-state index in [2.05, 4.69) is 50.3 Å². The van der Waals surface area contributed by atoms with Crippen LogP contribution in [0.3, 0.4) is 0 Å². The number of allylic oxidation sites excluding steroid dienone is 6. The molecular weight excluding hydrogens is 476 g/mol. The number of carbonyl (C=O) groups excluding carboxylic acids is 2. The van der Waals surface area contributed by atoms with Gasteiger partial charge in [-0.3, -0.25) is 9.59 Å². The Morgan fingerprint density at radius 1 is 0.632 bits per heavy atom. The van der Waals surface area contributed by atoms with E-state index in [1.54, 1.807) is 0 Å². The van der Waals surface area contributed by atoms with Crippen molar-refractivity contribution in [3.8, 4) is 0 Å². The molecule has 0 bridgehead atoms. The molecule has 0 amide bonds. The Labute approximate surface area is 234 Å². The zero-order valence-corrected chi connectivity index (χ0v) is 24.7. The quantitative estimate of drug-likeness (QED) is 0.0647. The molecule has 220 valence electrons. The highest BCUT2D eigenvalue weighted by atomic mass is 16.6. The highest BCUT2D eigenvalue weighted by Crippen LogP contribution is 2.12. The predicted octanol–water partition coefficient (Wildman–Crippen LogP) is 8.94. The lowest BCUT2D eigenvalue weighted by Crippen LogP contribution is -2.28. The maximum Gasteiger partial charge on any atom is 0.306 e. The number of ether oxygens (including phenoxy) is 2. The third-order valence-corrected chi connectivity index (χ3v) is 6.45. The average Bonchev–Trinajstić information content (AvgIpc) is 2.92. The van der Waals surface area contributed by atoms with Gasteiger partial charge in [-0.25, -0.2) is 0 Å². The summed E-state index contributed by atoms with van der Waals surface area (Å²) in [4.78, 5) is 24.0. The molecule has 0 aromatic rings. The monoisotopic (exact) mass is 534 g/mol. The van der Waals surface area contributed by atoms with Crippen LogP contribution < -0.4 is 0 Å². The third kappa shape index (κ3) is 27.2. The minimum Gasteiger partial charge on any atom is -0.462 e. The van der Waals surface area contributed by atoms with Gasteiger partial charge in [0.1, 0.15) is 6.61 Å². The number of esters is 2. The van der Waals surface area contributed by atoms with Crippen LogP contribution in [-0.4, -0.2) is 36.4 Å². The molecule has 0 aliphatic rings. The smallest absolute Gasteiger partial charge is 0.306 e. The summed E-state index contributed by atoms with van der Waals surface area (Å²) in [5.41, 5.74) is 0. The van der Waals surface area contributed by atoms with Crippen molar-refractivity contribution in [1.29, 1.82) is 0 Å². The molecule has 0 aliphatic heterocycles. The first-order chi connectivity index (χ1) is 18.6. The molecule has 1 N–H and O–H groups in total. The van der Waals surface area contributed by atoms with E-state index in [1.165, 1.54) is 44.9 Å². The van der Waals surface area contributed by atoms with Crippen molar-refractivity contribution in [2.24, 2.45) is 0 Å². The van der Waals surface area contributed by atoms with Crippen molar-refractivity contribution < 1.29 is 24.2 Å². The number of aliphatic hydroxyl groups excluding tert-OH is 1. The summed E-state index contributed by atoms with van der Waals surface area (Å²) in [6, 6.07) is 0. The minimum atomic E-state index is -0.774. The predicted molar refractivity (Wildman–Crippen MR) is 159 cm³/mol. The fourth-order valence-corrected chi connectivity index (χ4v) is 4.10. The summed E-state index contributed by atoms with van der Waals surface area (Å²) < 4.78 is 10.5. The highest BCUT2D eigenvalue weighted by molar-refractivity contribution is 5.70. The molecule has 0 spiro atoms. The molecule has 0 fully saturated rings. The second-order valence-corrected chi connectivity index (χ2v) is 10.2. The van der Waals surface area contributed by atoms with Crippen LogP contribution in [0.15, 0.2) is 36.5 Å². The topological polar surface area (TPSA) is 72.8 Å². The van der Waals surface area contributed by atoms with Gasteiger partial charge in [-0.15, -0.1) is 0 Å². The molecule has 1 atom stereocenters. The molecule has 5 heteroatoms. The van der Waals surface area contributed by atoms with Crippen LogP contribution in [0.5, 0.6) is 0 Å². The zero-order chi connectivity index (χ0) is 27.9. The fourth-order valence-electron chi connectivity index (χ4n) is 4.10. The van der Waals surface area contributed by atoms with Crippen molar-refractivity contribution >= 4 is 11.9 Å². The molecule has 0 aliphatic carbocycles. The van der Waals surface area contributed by atoms with E-state index in [0.717, 1.165) is 70.6 Å². The van der Waals surface area contributed by atoms with E-state index in [1.807, 2.05) is 0 Å². The summed E-state index contributed by atoms with van der Waals surface area (Å²) in [6.07, 6.45) is 33.4. The van der Waals surface area contributed by atoms with Gasteiger partial charge in [0.2, 0.25) is 0 Å². The van der Waals surface area contributed by atoms with Crippen molar-refractivity contribution in [1.82, 2.24) is 0 Å². The van der Waals surface area contributed by atoms with Crippen molar-refractivity contribution in [2.75, 3.05) is 13.2 Å². The van der Waals surface area contributed by atoms with E-state index in [0.29, 0.717) is 12.8 Å². The summed E-state index contributed by atoms with van der Waals surface area (Å²) in [6.45, 7) is 3.96. The lowest BCUT2D eigenvalue weighted by molar-refractivity contribution is -0.161. The molecule has 0 saturated carbocycles. The number of unbranched alkanes of at least 4 members (excludes halogenated alkanes) is 13. The number of hydrogen-bond donors (Lipinski definition) is 1. The van der Waals surface area contributed by atoms with Crippen LogP contribution in [0.2, 0.25) is 0 Å². The molecule has 38 heavy (non-hydrogen) atoms. The van der Waals surface area contributed by atoms with Crippen LogP contribution in [0, 0.1) is 0 Å².